The van der Waals surface area contributed by atoms with Crippen LogP contribution in [0.15, 0.2) is 33.6 Å². The number of rotatable bonds is 3. The third kappa shape index (κ3) is 2.34. The highest BCUT2D eigenvalue weighted by Crippen LogP contribution is 2.18. The van der Waals surface area contributed by atoms with Crippen molar-refractivity contribution in [2.75, 3.05) is 6.61 Å². The van der Waals surface area contributed by atoms with Crippen LogP contribution in [-0.4, -0.2) is 25.4 Å². The molecule has 0 saturated carbocycles. The third-order valence-electron chi connectivity index (χ3n) is 1.93. The lowest BCUT2D eigenvalue weighted by Gasteiger charge is -2.09. The minimum absolute atomic E-state index is 0.238. The first-order valence-electron chi connectivity index (χ1n) is 4.09. The number of sulfone groups is 1. The predicted molar refractivity (Wildman–Crippen MR) is 57.9 cm³/mol. The summed E-state index contributed by atoms with van der Waals surface area (Å²) in [6.07, 6.45) is 0. The molecule has 0 aliphatic heterocycles. The Kier molecular flexibility index (Phi) is 3.69. The molecule has 0 amide bonds. The molecule has 1 aromatic rings. The van der Waals surface area contributed by atoms with Crippen LogP contribution in [0.25, 0.3) is 0 Å². The molecule has 0 heterocycles. The molecule has 0 aliphatic carbocycles. The van der Waals surface area contributed by atoms with Crippen molar-refractivity contribution in [2.45, 2.75) is 17.1 Å². The van der Waals surface area contributed by atoms with E-state index < -0.39 is 15.1 Å². The van der Waals surface area contributed by atoms with E-state index in [0.29, 0.717) is 0 Å². The van der Waals surface area contributed by atoms with Gasteiger partial charge in [0.2, 0.25) is 0 Å². The van der Waals surface area contributed by atoms with Crippen molar-refractivity contribution in [3.05, 3.63) is 28.7 Å². The Morgan fingerprint density at radius 3 is 2.29 bits per heavy atom. The second kappa shape index (κ2) is 4.42. The Morgan fingerprint density at radius 1 is 1.36 bits per heavy atom. The van der Waals surface area contributed by atoms with Gasteiger partial charge >= 0.3 is 0 Å². The van der Waals surface area contributed by atoms with E-state index in [4.69, 9.17) is 5.11 Å². The molecule has 0 saturated heterocycles. The van der Waals surface area contributed by atoms with Gasteiger partial charge in [0, 0.05) is 4.47 Å². The summed E-state index contributed by atoms with van der Waals surface area (Å²) in [4.78, 5) is 0.238. The minimum atomic E-state index is -3.38. The van der Waals surface area contributed by atoms with Crippen molar-refractivity contribution in [3.63, 3.8) is 0 Å². The zero-order valence-electron chi connectivity index (χ0n) is 7.64. The fourth-order valence-corrected chi connectivity index (χ4v) is 2.40. The Hall–Kier alpha value is -0.390. The molecule has 1 aromatic carbocycles. The van der Waals surface area contributed by atoms with Gasteiger partial charge in [-0.15, -0.1) is 0 Å². The van der Waals surface area contributed by atoms with Gasteiger partial charge in [0.05, 0.1) is 16.8 Å². The van der Waals surface area contributed by atoms with Gasteiger partial charge in [-0.3, -0.25) is 0 Å². The fraction of sp³-hybridized carbons (Fsp3) is 0.333. The summed E-state index contributed by atoms with van der Waals surface area (Å²) in [6, 6.07) is 6.37. The van der Waals surface area contributed by atoms with Crippen LogP contribution in [0.3, 0.4) is 0 Å². The second-order valence-electron chi connectivity index (χ2n) is 2.99. The first-order valence-corrected chi connectivity index (χ1v) is 6.42. The normalized spacial score (nSPS) is 13.9. The molecule has 1 atom stereocenters. The van der Waals surface area contributed by atoms with Gasteiger partial charge in [-0.1, -0.05) is 15.9 Å². The van der Waals surface area contributed by atoms with Crippen LogP contribution in [0.1, 0.15) is 6.92 Å². The van der Waals surface area contributed by atoms with Crippen LogP contribution in [0.5, 0.6) is 0 Å². The highest BCUT2D eigenvalue weighted by Gasteiger charge is 2.21. The standard InChI is InChI=1S/C9H11BrO3S/c1-7(6-11)14(12,13)9-4-2-8(10)3-5-9/h2-5,7,11H,6H2,1H3/t7-/m1/s1. The molecular weight excluding hydrogens is 268 g/mol. The molecule has 78 valence electrons. The van der Waals surface area contributed by atoms with Crippen molar-refractivity contribution < 1.29 is 13.5 Å². The Morgan fingerprint density at radius 2 is 1.86 bits per heavy atom. The molecule has 0 aliphatic rings. The quantitative estimate of drug-likeness (QED) is 0.914. The van der Waals surface area contributed by atoms with Crippen molar-refractivity contribution in [1.82, 2.24) is 0 Å². The number of benzene rings is 1. The highest BCUT2D eigenvalue weighted by atomic mass is 79.9. The number of hydrogen-bond donors (Lipinski definition) is 1. The van der Waals surface area contributed by atoms with Crippen LogP contribution in [0.4, 0.5) is 0 Å². The average Bonchev–Trinajstić information content (AvgIpc) is 2.17. The van der Waals surface area contributed by atoms with Crippen LogP contribution in [0, 0.1) is 0 Å². The summed E-state index contributed by atoms with van der Waals surface area (Å²) in [6.45, 7) is 1.12. The summed E-state index contributed by atoms with van der Waals surface area (Å²) in [5.41, 5.74) is 0. The third-order valence-corrected chi connectivity index (χ3v) is 4.60. The molecule has 1 N–H and O–H groups in total. The number of aliphatic hydroxyl groups is 1. The van der Waals surface area contributed by atoms with Gasteiger partial charge in [0.1, 0.15) is 0 Å². The lowest BCUT2D eigenvalue weighted by atomic mass is 10.4. The van der Waals surface area contributed by atoms with Gasteiger partial charge in [-0.05, 0) is 31.2 Å². The molecule has 0 fully saturated rings. The molecule has 0 spiro atoms. The first-order chi connectivity index (χ1) is 6.48. The first kappa shape index (κ1) is 11.7. The second-order valence-corrected chi connectivity index (χ2v) is 6.27. The molecule has 0 aromatic heterocycles. The molecule has 0 radical (unpaired) electrons. The van der Waals surface area contributed by atoms with Gasteiger partial charge in [-0.25, -0.2) is 8.42 Å². The van der Waals surface area contributed by atoms with Crippen molar-refractivity contribution in [1.29, 1.82) is 0 Å². The van der Waals surface area contributed by atoms with Crippen molar-refractivity contribution in [2.24, 2.45) is 0 Å². The van der Waals surface area contributed by atoms with Crippen LogP contribution in [-0.2, 0) is 9.84 Å². The van der Waals surface area contributed by atoms with E-state index in [1.54, 1.807) is 12.1 Å². The lowest BCUT2D eigenvalue weighted by molar-refractivity contribution is 0.295. The summed E-state index contributed by atoms with van der Waals surface area (Å²) in [5.74, 6) is 0. The molecule has 1 rings (SSSR count). The molecule has 3 nitrogen and oxygen atoms in total. The van der Waals surface area contributed by atoms with E-state index in [9.17, 15) is 8.42 Å². The lowest BCUT2D eigenvalue weighted by Crippen LogP contribution is -2.21. The molecule has 14 heavy (non-hydrogen) atoms. The maximum Gasteiger partial charge on any atom is 0.183 e. The number of hydrogen-bond acceptors (Lipinski definition) is 3. The zero-order chi connectivity index (χ0) is 10.8. The molecule has 0 bridgehead atoms. The highest BCUT2D eigenvalue weighted by molar-refractivity contribution is 9.10. The molecule has 0 unspecified atom stereocenters. The fourth-order valence-electron chi connectivity index (χ4n) is 0.955. The predicted octanol–water partition coefficient (Wildman–Crippen LogP) is 1.60. The van der Waals surface area contributed by atoms with Gasteiger partial charge in [0.15, 0.2) is 9.84 Å². The van der Waals surface area contributed by atoms with Gasteiger partial charge in [0.25, 0.3) is 0 Å². The summed E-state index contributed by atoms with van der Waals surface area (Å²) < 4.78 is 24.2. The Labute approximate surface area is 91.8 Å². The largest absolute Gasteiger partial charge is 0.395 e. The summed E-state index contributed by atoms with van der Waals surface area (Å²) >= 11 is 3.22. The summed E-state index contributed by atoms with van der Waals surface area (Å²) in [5, 5.41) is 8.04. The SMILES string of the molecule is C[C@H](CO)S(=O)(=O)c1ccc(Br)cc1. The van der Waals surface area contributed by atoms with Crippen LogP contribution < -0.4 is 0 Å². The van der Waals surface area contributed by atoms with Gasteiger partial charge in [-0.2, -0.15) is 0 Å². The zero-order valence-corrected chi connectivity index (χ0v) is 10.0. The van der Waals surface area contributed by atoms with Crippen molar-refractivity contribution in [3.8, 4) is 0 Å². The Balaban J connectivity index is 3.11. The van der Waals surface area contributed by atoms with E-state index >= 15 is 0 Å². The summed E-state index contributed by atoms with van der Waals surface area (Å²) in [7, 11) is -3.38. The number of aliphatic hydroxyl groups excluding tert-OH is 1. The van der Waals surface area contributed by atoms with E-state index in [-0.39, 0.29) is 11.5 Å². The van der Waals surface area contributed by atoms with E-state index in [1.165, 1.54) is 19.1 Å². The van der Waals surface area contributed by atoms with Gasteiger partial charge < -0.3 is 5.11 Å². The minimum Gasteiger partial charge on any atom is -0.395 e. The van der Waals surface area contributed by atoms with E-state index in [0.717, 1.165) is 4.47 Å². The molecular formula is C9H11BrO3S. The Bertz CT molecular complexity index is 397. The maximum atomic E-state index is 11.7. The van der Waals surface area contributed by atoms with E-state index in [2.05, 4.69) is 15.9 Å². The van der Waals surface area contributed by atoms with Crippen LogP contribution >= 0.6 is 15.9 Å². The van der Waals surface area contributed by atoms with Crippen LogP contribution in [0.2, 0.25) is 0 Å². The monoisotopic (exact) mass is 278 g/mol. The maximum absolute atomic E-state index is 11.7. The number of halogens is 1. The molecule has 5 heteroatoms. The topological polar surface area (TPSA) is 54.4 Å². The van der Waals surface area contributed by atoms with Crippen molar-refractivity contribution >= 4 is 25.8 Å². The van der Waals surface area contributed by atoms with E-state index in [1.807, 2.05) is 0 Å². The smallest absolute Gasteiger partial charge is 0.183 e. The average molecular weight is 279 g/mol.